The van der Waals surface area contributed by atoms with E-state index in [0.717, 1.165) is 24.5 Å². The fourth-order valence-corrected chi connectivity index (χ4v) is 1.89. The molecule has 17 heavy (non-hydrogen) atoms. The van der Waals surface area contributed by atoms with Crippen molar-refractivity contribution >= 4 is 11.4 Å². The van der Waals surface area contributed by atoms with Crippen molar-refractivity contribution in [1.82, 2.24) is 0 Å². The number of halogens is 1. The van der Waals surface area contributed by atoms with E-state index in [0.29, 0.717) is 18.9 Å². The van der Waals surface area contributed by atoms with Gasteiger partial charge in [0.1, 0.15) is 5.82 Å². The molecule has 1 heterocycles. The molecular weight excluding hydrogens is 219 g/mol. The van der Waals surface area contributed by atoms with Gasteiger partial charge in [-0.1, -0.05) is 6.58 Å². The minimum Gasteiger partial charge on any atom is -0.378 e. The lowest BCUT2D eigenvalue weighted by molar-refractivity contribution is 0.122. The van der Waals surface area contributed by atoms with Crippen LogP contribution >= 0.6 is 0 Å². The van der Waals surface area contributed by atoms with E-state index in [1.54, 1.807) is 6.07 Å². The molecule has 2 rings (SSSR count). The lowest BCUT2D eigenvalue weighted by Crippen LogP contribution is -2.36. The third-order valence-corrected chi connectivity index (χ3v) is 2.66. The number of nitrogens with zero attached hydrogens (tertiary/aromatic N) is 1. The maximum absolute atomic E-state index is 13.9. The van der Waals surface area contributed by atoms with Gasteiger partial charge in [-0.15, -0.1) is 0 Å². The van der Waals surface area contributed by atoms with Gasteiger partial charge in [0.2, 0.25) is 0 Å². The Morgan fingerprint density at radius 3 is 2.71 bits per heavy atom. The number of hydrogen-bond acceptors (Lipinski definition) is 3. The van der Waals surface area contributed by atoms with Gasteiger partial charge in [-0.05, 0) is 25.1 Å². The van der Waals surface area contributed by atoms with E-state index in [4.69, 9.17) is 4.74 Å². The summed E-state index contributed by atoms with van der Waals surface area (Å²) < 4.78 is 19.2. The summed E-state index contributed by atoms with van der Waals surface area (Å²) in [6.45, 7) is 8.37. The Morgan fingerprint density at radius 1 is 1.41 bits per heavy atom. The number of rotatable bonds is 3. The molecule has 1 saturated heterocycles. The Kier molecular flexibility index (Phi) is 3.64. The maximum Gasteiger partial charge on any atom is 0.148 e. The highest BCUT2D eigenvalue weighted by Crippen LogP contribution is 2.24. The van der Waals surface area contributed by atoms with Gasteiger partial charge in [-0.3, -0.25) is 0 Å². The second kappa shape index (κ2) is 5.19. The molecule has 1 aliphatic heterocycles. The molecule has 0 atom stereocenters. The molecule has 0 spiro atoms. The summed E-state index contributed by atoms with van der Waals surface area (Å²) in [6, 6.07) is 5.16. The number of hydrogen-bond donors (Lipinski definition) is 1. The Morgan fingerprint density at radius 2 is 2.12 bits per heavy atom. The minimum absolute atomic E-state index is 0.210. The first-order chi connectivity index (χ1) is 8.16. The van der Waals surface area contributed by atoms with Crippen LogP contribution in [0.3, 0.4) is 0 Å². The lowest BCUT2D eigenvalue weighted by Gasteiger charge is -2.29. The summed E-state index contributed by atoms with van der Waals surface area (Å²) in [5.41, 5.74) is 2.16. The lowest BCUT2D eigenvalue weighted by atomic mass is 10.2. The molecule has 0 bridgehead atoms. The van der Waals surface area contributed by atoms with Gasteiger partial charge in [0.15, 0.2) is 0 Å². The van der Waals surface area contributed by atoms with Crippen LogP contribution in [0.1, 0.15) is 6.92 Å². The van der Waals surface area contributed by atoms with Gasteiger partial charge in [-0.2, -0.15) is 0 Å². The van der Waals surface area contributed by atoms with Gasteiger partial charge < -0.3 is 15.0 Å². The summed E-state index contributed by atoms with van der Waals surface area (Å²) in [4.78, 5) is 2.00. The number of anilines is 2. The predicted molar refractivity (Wildman–Crippen MR) is 67.9 cm³/mol. The Hall–Kier alpha value is -1.55. The second-order valence-corrected chi connectivity index (χ2v) is 4.17. The van der Waals surface area contributed by atoms with Crippen molar-refractivity contribution in [1.29, 1.82) is 0 Å². The average Bonchev–Trinajstić information content (AvgIpc) is 2.29. The zero-order valence-electron chi connectivity index (χ0n) is 10.0. The highest BCUT2D eigenvalue weighted by atomic mass is 19.1. The third-order valence-electron chi connectivity index (χ3n) is 2.66. The van der Waals surface area contributed by atoms with Crippen LogP contribution in [-0.2, 0) is 4.74 Å². The number of allylic oxidation sites excluding steroid dienone is 1. The summed E-state index contributed by atoms with van der Waals surface area (Å²) in [5, 5.41) is 3.00. The Balaban J connectivity index is 2.15. The van der Waals surface area contributed by atoms with Crippen molar-refractivity contribution in [2.75, 3.05) is 36.5 Å². The summed E-state index contributed by atoms with van der Waals surface area (Å²) in [7, 11) is 0. The van der Waals surface area contributed by atoms with Crippen molar-refractivity contribution in [2.45, 2.75) is 6.92 Å². The van der Waals surface area contributed by atoms with Crippen LogP contribution < -0.4 is 10.2 Å². The molecule has 1 aromatic rings. The normalized spacial score (nSPS) is 15.8. The highest BCUT2D eigenvalue weighted by molar-refractivity contribution is 5.58. The molecule has 1 N–H and O–H groups in total. The first-order valence-corrected chi connectivity index (χ1v) is 5.71. The first-order valence-electron chi connectivity index (χ1n) is 5.71. The molecule has 0 saturated carbocycles. The first kappa shape index (κ1) is 11.9. The van der Waals surface area contributed by atoms with Crippen molar-refractivity contribution < 1.29 is 9.13 Å². The summed E-state index contributed by atoms with van der Waals surface area (Å²) >= 11 is 0. The van der Waals surface area contributed by atoms with Gasteiger partial charge >= 0.3 is 0 Å². The van der Waals surface area contributed by atoms with E-state index in [1.165, 1.54) is 6.07 Å². The van der Waals surface area contributed by atoms with Crippen LogP contribution in [0.2, 0.25) is 0 Å². The zero-order valence-corrected chi connectivity index (χ0v) is 10.0. The zero-order chi connectivity index (χ0) is 12.3. The molecule has 0 unspecified atom stereocenters. The Bertz CT molecular complexity index is 414. The number of ether oxygens (including phenoxy) is 1. The SMILES string of the molecule is C=C(C)Nc1ccc(N2CCOCC2)c(F)c1. The number of morpholine rings is 1. The predicted octanol–water partition coefficient (Wildman–Crippen LogP) is 2.61. The molecule has 1 aromatic carbocycles. The third kappa shape index (κ3) is 2.97. The summed E-state index contributed by atoms with van der Waals surface area (Å²) in [5.74, 6) is -0.210. The van der Waals surface area contributed by atoms with Crippen molar-refractivity contribution in [3.05, 3.63) is 36.3 Å². The molecule has 0 radical (unpaired) electrons. The smallest absolute Gasteiger partial charge is 0.148 e. The number of nitrogens with one attached hydrogen (secondary N) is 1. The van der Waals surface area contributed by atoms with Gasteiger partial charge in [0.25, 0.3) is 0 Å². The maximum atomic E-state index is 13.9. The quantitative estimate of drug-likeness (QED) is 0.873. The van der Waals surface area contributed by atoms with Crippen molar-refractivity contribution in [3.8, 4) is 0 Å². The molecule has 3 nitrogen and oxygen atoms in total. The molecular formula is C13H17FN2O. The van der Waals surface area contributed by atoms with E-state index in [1.807, 2.05) is 17.9 Å². The standard InChI is InChI=1S/C13H17FN2O/c1-10(2)15-11-3-4-13(12(14)9-11)16-5-7-17-8-6-16/h3-4,9,15H,1,5-8H2,2H3. The van der Waals surface area contributed by atoms with Crippen LogP contribution in [0, 0.1) is 5.82 Å². The molecule has 1 aliphatic rings. The van der Waals surface area contributed by atoms with Crippen LogP contribution in [0.5, 0.6) is 0 Å². The van der Waals surface area contributed by atoms with E-state index < -0.39 is 0 Å². The largest absolute Gasteiger partial charge is 0.378 e. The molecule has 0 amide bonds. The fraction of sp³-hybridized carbons (Fsp3) is 0.385. The van der Waals surface area contributed by atoms with Crippen molar-refractivity contribution in [3.63, 3.8) is 0 Å². The van der Waals surface area contributed by atoms with E-state index in [2.05, 4.69) is 11.9 Å². The van der Waals surface area contributed by atoms with Gasteiger partial charge in [-0.25, -0.2) is 4.39 Å². The van der Waals surface area contributed by atoms with Gasteiger partial charge in [0.05, 0.1) is 18.9 Å². The van der Waals surface area contributed by atoms with E-state index in [9.17, 15) is 4.39 Å². The molecule has 92 valence electrons. The van der Waals surface area contributed by atoms with E-state index >= 15 is 0 Å². The van der Waals surface area contributed by atoms with E-state index in [-0.39, 0.29) is 5.82 Å². The molecule has 0 aromatic heterocycles. The van der Waals surface area contributed by atoms with Gasteiger partial charge in [0, 0.05) is 24.5 Å². The molecule has 1 fully saturated rings. The average molecular weight is 236 g/mol. The minimum atomic E-state index is -0.210. The van der Waals surface area contributed by atoms with Crippen LogP contribution in [-0.4, -0.2) is 26.3 Å². The van der Waals surface area contributed by atoms with Crippen molar-refractivity contribution in [2.24, 2.45) is 0 Å². The Labute approximate surface area is 101 Å². The molecule has 4 heteroatoms. The van der Waals surface area contributed by atoms with Crippen LogP contribution in [0.4, 0.5) is 15.8 Å². The van der Waals surface area contributed by atoms with Crippen LogP contribution in [0.25, 0.3) is 0 Å². The monoisotopic (exact) mass is 236 g/mol. The summed E-state index contributed by atoms with van der Waals surface area (Å²) in [6.07, 6.45) is 0. The topological polar surface area (TPSA) is 24.5 Å². The highest BCUT2D eigenvalue weighted by Gasteiger charge is 2.15. The molecule has 0 aliphatic carbocycles. The van der Waals surface area contributed by atoms with Crippen LogP contribution in [0.15, 0.2) is 30.5 Å². The number of benzene rings is 1. The fourth-order valence-electron chi connectivity index (χ4n) is 1.89. The second-order valence-electron chi connectivity index (χ2n) is 4.17.